The van der Waals surface area contributed by atoms with E-state index in [-0.39, 0.29) is 21.7 Å². The standard InChI is InChI=1S/C49H39N.C37H32/c1-30-14-20-35(21-15-30)50-46-24-18-31(33-16-22-38-36-10-6-8-12-42(36)48(2,3)44(38)28-33)26-40(46)41-27-32(19-25-47(41)50)34-17-23-39-37-11-7-9-13-43(37)49(4,5)45(39)29-34;1-23-18-26(24-14-16-30-28-10-6-8-12-32(28)36(2,3)34(30)21-24)20-27(19-23)25-15-17-31-29-11-7-9-13-33(29)37(4,5)35(31)22-25/h6-29H,1-5H3;6-22H,1-5H3. The first-order chi connectivity index (χ1) is 41.9. The van der Waals surface area contributed by atoms with Gasteiger partial charge in [-0.25, -0.2) is 0 Å². The maximum absolute atomic E-state index is 2.44. The maximum atomic E-state index is 2.44. The summed E-state index contributed by atoms with van der Waals surface area (Å²) in [4.78, 5) is 0. The van der Waals surface area contributed by atoms with Gasteiger partial charge in [0.15, 0.2) is 0 Å². The highest BCUT2D eigenvalue weighted by molar-refractivity contribution is 6.12. The Morgan fingerprint density at radius 2 is 0.494 bits per heavy atom. The van der Waals surface area contributed by atoms with Gasteiger partial charge in [-0.05, 0) is 220 Å². The summed E-state index contributed by atoms with van der Waals surface area (Å²) in [7, 11) is 0. The highest BCUT2D eigenvalue weighted by atomic mass is 15.0. The summed E-state index contributed by atoms with van der Waals surface area (Å²) in [5, 5.41) is 2.55. The minimum Gasteiger partial charge on any atom is -0.309 e. The Morgan fingerprint density at radius 3 is 0.828 bits per heavy atom. The summed E-state index contributed by atoms with van der Waals surface area (Å²) in [5.41, 5.74) is 38.6. The average Bonchev–Trinajstić information content (AvgIpc) is 1.68. The Hall–Kier alpha value is -9.56. The zero-order chi connectivity index (χ0) is 59.5. The molecule has 0 amide bonds. The number of aromatic nitrogens is 1. The van der Waals surface area contributed by atoms with Gasteiger partial charge in [0.1, 0.15) is 0 Å². The third-order valence-electron chi connectivity index (χ3n) is 20.8. The van der Waals surface area contributed by atoms with Crippen molar-refractivity contribution in [3.8, 4) is 94.7 Å². The van der Waals surface area contributed by atoms with Crippen LogP contribution in [0.5, 0.6) is 0 Å². The molecule has 0 bridgehead atoms. The van der Waals surface area contributed by atoms with Crippen LogP contribution in [-0.4, -0.2) is 4.57 Å². The number of hydrogen-bond donors (Lipinski definition) is 0. The molecule has 4 aliphatic carbocycles. The van der Waals surface area contributed by atoms with Crippen LogP contribution in [0.25, 0.3) is 117 Å². The second kappa shape index (κ2) is 19.0. The summed E-state index contributed by atoms with van der Waals surface area (Å²) in [6.45, 7) is 23.2. The molecular formula is C86H71N. The Balaban J connectivity index is 0.000000147. The highest BCUT2D eigenvalue weighted by Crippen LogP contribution is 2.54. The van der Waals surface area contributed by atoms with E-state index in [9.17, 15) is 0 Å². The van der Waals surface area contributed by atoms with Gasteiger partial charge in [0.05, 0.1) is 11.0 Å². The van der Waals surface area contributed by atoms with Crippen molar-refractivity contribution in [2.75, 3.05) is 0 Å². The van der Waals surface area contributed by atoms with Crippen LogP contribution in [0.15, 0.2) is 249 Å². The van der Waals surface area contributed by atoms with Crippen molar-refractivity contribution in [2.24, 2.45) is 0 Å². The first kappa shape index (κ1) is 53.0. The van der Waals surface area contributed by atoms with E-state index in [2.05, 4.69) is 323 Å². The summed E-state index contributed by atoms with van der Waals surface area (Å²) in [6.07, 6.45) is 0. The molecule has 0 unspecified atom stereocenters. The number of rotatable bonds is 5. The highest BCUT2D eigenvalue weighted by Gasteiger charge is 2.39. The van der Waals surface area contributed by atoms with Gasteiger partial charge in [0.2, 0.25) is 0 Å². The van der Waals surface area contributed by atoms with Gasteiger partial charge in [-0.2, -0.15) is 0 Å². The van der Waals surface area contributed by atoms with Crippen LogP contribution in [0.2, 0.25) is 0 Å². The van der Waals surface area contributed by atoms with Gasteiger partial charge in [-0.3, -0.25) is 0 Å². The van der Waals surface area contributed by atoms with Crippen LogP contribution in [0, 0.1) is 13.8 Å². The van der Waals surface area contributed by atoms with E-state index < -0.39 is 0 Å². The van der Waals surface area contributed by atoms with E-state index in [0.717, 1.165) is 0 Å². The van der Waals surface area contributed by atoms with Crippen molar-refractivity contribution >= 4 is 21.8 Å². The van der Waals surface area contributed by atoms with E-state index >= 15 is 0 Å². The van der Waals surface area contributed by atoms with Crippen LogP contribution in [-0.2, 0) is 21.7 Å². The Kier molecular flexibility index (Phi) is 11.5. The zero-order valence-electron chi connectivity index (χ0n) is 51.6. The number of fused-ring (bicyclic) bond motifs is 15. The molecule has 0 fully saturated rings. The molecule has 17 rings (SSSR count). The summed E-state index contributed by atoms with van der Waals surface area (Å²) in [5.74, 6) is 0. The average molecular weight is 1120 g/mol. The number of benzene rings is 12. The molecule has 0 saturated carbocycles. The van der Waals surface area contributed by atoms with Crippen molar-refractivity contribution in [3.05, 3.63) is 304 Å². The SMILES string of the molecule is Cc1cc(-c2ccc3c(c2)C(C)(C)c2ccccc2-3)cc(-c2ccc3c(c2)C(C)(C)c2ccccc2-3)c1.Cc1ccc(-n2c3ccc(-c4ccc5c(c4)C(C)(C)c4ccccc4-5)cc3c3cc(-c4ccc5c(c4)C(C)(C)c4ccccc4-5)ccc32)cc1. The third-order valence-corrected chi connectivity index (χ3v) is 20.8. The van der Waals surface area contributed by atoms with Crippen LogP contribution in [0.1, 0.15) is 111 Å². The van der Waals surface area contributed by atoms with Crippen molar-refractivity contribution in [2.45, 2.75) is 90.9 Å². The number of nitrogens with zero attached hydrogens (tertiary/aromatic N) is 1. The van der Waals surface area contributed by atoms with Crippen LogP contribution in [0.3, 0.4) is 0 Å². The molecule has 1 heterocycles. The number of hydrogen-bond acceptors (Lipinski definition) is 0. The van der Waals surface area contributed by atoms with Crippen molar-refractivity contribution in [1.82, 2.24) is 4.57 Å². The second-order valence-electron chi connectivity index (χ2n) is 27.4. The van der Waals surface area contributed by atoms with E-state index in [4.69, 9.17) is 0 Å². The molecule has 13 aromatic rings. The molecule has 0 spiro atoms. The normalized spacial score (nSPS) is 15.1. The minimum atomic E-state index is -0.0335. The quantitative estimate of drug-likeness (QED) is 0.162. The van der Waals surface area contributed by atoms with Crippen LogP contribution in [0.4, 0.5) is 0 Å². The third kappa shape index (κ3) is 7.98. The van der Waals surface area contributed by atoms with Gasteiger partial charge >= 0.3 is 0 Å². The molecule has 87 heavy (non-hydrogen) atoms. The van der Waals surface area contributed by atoms with Gasteiger partial charge in [-0.1, -0.05) is 243 Å². The molecule has 1 aromatic heterocycles. The summed E-state index contributed by atoms with van der Waals surface area (Å²) in [6, 6.07) is 93.9. The molecule has 420 valence electrons. The fourth-order valence-corrected chi connectivity index (χ4v) is 16.0. The lowest BCUT2D eigenvalue weighted by Gasteiger charge is -2.22. The lowest BCUT2D eigenvalue weighted by atomic mass is 9.81. The first-order valence-electron chi connectivity index (χ1n) is 31.2. The van der Waals surface area contributed by atoms with Gasteiger partial charge in [0, 0.05) is 38.1 Å². The molecule has 0 atom stereocenters. The fourth-order valence-electron chi connectivity index (χ4n) is 16.0. The fraction of sp³-hybridized carbons (Fsp3) is 0.163. The zero-order valence-corrected chi connectivity index (χ0v) is 51.6. The molecule has 0 N–H and O–H groups in total. The molecule has 0 aliphatic heterocycles. The van der Waals surface area contributed by atoms with Gasteiger partial charge in [0.25, 0.3) is 0 Å². The van der Waals surface area contributed by atoms with Gasteiger partial charge < -0.3 is 4.57 Å². The molecule has 4 aliphatic rings. The monoisotopic (exact) mass is 1120 g/mol. The van der Waals surface area contributed by atoms with E-state index in [1.54, 1.807) is 0 Å². The largest absolute Gasteiger partial charge is 0.309 e. The van der Waals surface area contributed by atoms with Gasteiger partial charge in [-0.15, -0.1) is 0 Å². The predicted octanol–water partition coefficient (Wildman–Crippen LogP) is 23.0. The molecular weight excluding hydrogens is 1050 g/mol. The molecule has 0 saturated heterocycles. The molecule has 1 nitrogen and oxygen atoms in total. The predicted molar refractivity (Wildman–Crippen MR) is 369 cm³/mol. The Labute approximate surface area is 513 Å². The van der Waals surface area contributed by atoms with Crippen molar-refractivity contribution in [1.29, 1.82) is 0 Å². The van der Waals surface area contributed by atoms with Crippen molar-refractivity contribution < 1.29 is 0 Å². The topological polar surface area (TPSA) is 4.93 Å². The number of aryl methyl sites for hydroxylation is 2. The van der Waals surface area contributed by atoms with E-state index in [1.807, 2.05) is 0 Å². The van der Waals surface area contributed by atoms with E-state index in [1.165, 1.54) is 172 Å². The van der Waals surface area contributed by atoms with Crippen molar-refractivity contribution in [3.63, 3.8) is 0 Å². The summed E-state index contributed by atoms with van der Waals surface area (Å²) < 4.78 is 2.43. The smallest absolute Gasteiger partial charge is 0.0541 e. The first-order valence-corrected chi connectivity index (χ1v) is 31.2. The second-order valence-corrected chi connectivity index (χ2v) is 27.4. The molecule has 1 heteroatoms. The summed E-state index contributed by atoms with van der Waals surface area (Å²) >= 11 is 0. The molecule has 0 radical (unpaired) electrons. The maximum Gasteiger partial charge on any atom is 0.0541 e. The lowest BCUT2D eigenvalue weighted by Crippen LogP contribution is -2.15. The van der Waals surface area contributed by atoms with Crippen LogP contribution >= 0.6 is 0 Å². The Bertz CT molecular complexity index is 4760. The van der Waals surface area contributed by atoms with E-state index in [0.29, 0.717) is 0 Å². The van der Waals surface area contributed by atoms with Crippen LogP contribution < -0.4 is 0 Å². The molecule has 12 aromatic carbocycles. The minimum absolute atomic E-state index is 0.00909. The lowest BCUT2D eigenvalue weighted by molar-refractivity contribution is 0.660. The Morgan fingerprint density at radius 1 is 0.218 bits per heavy atom.